The van der Waals surface area contributed by atoms with Crippen molar-refractivity contribution < 1.29 is 14.3 Å². The molecule has 0 aromatic carbocycles. The third kappa shape index (κ3) is 7.56. The zero-order valence-corrected chi connectivity index (χ0v) is 13.3. The molecule has 0 aliphatic heterocycles. The van der Waals surface area contributed by atoms with E-state index in [-0.39, 0.29) is 12.5 Å². The van der Waals surface area contributed by atoms with Gasteiger partial charge in [-0.3, -0.25) is 9.59 Å². The molecule has 0 aromatic heterocycles. The fourth-order valence-electron chi connectivity index (χ4n) is 1.28. The summed E-state index contributed by atoms with van der Waals surface area (Å²) < 4.78 is 5.16. The van der Waals surface area contributed by atoms with E-state index in [9.17, 15) is 9.59 Å². The van der Waals surface area contributed by atoms with Gasteiger partial charge in [-0.25, -0.2) is 0 Å². The molecule has 0 heterocycles. The minimum Gasteiger partial charge on any atom is -0.459 e. The van der Waals surface area contributed by atoms with Crippen molar-refractivity contribution in [1.82, 2.24) is 4.90 Å². The molecule has 0 unspecified atom stereocenters. The Morgan fingerprint density at radius 1 is 1.25 bits per heavy atom. The lowest BCUT2D eigenvalue weighted by molar-refractivity contribution is -0.157. The Balaban J connectivity index is 4.52. The highest BCUT2D eigenvalue weighted by molar-refractivity contribution is 5.97. The van der Waals surface area contributed by atoms with Crippen LogP contribution in [0.5, 0.6) is 0 Å². The summed E-state index contributed by atoms with van der Waals surface area (Å²) in [5.41, 5.74) is 0.812. The molecule has 4 heteroatoms. The van der Waals surface area contributed by atoms with Gasteiger partial charge in [0.2, 0.25) is 0 Å². The third-order valence-electron chi connectivity index (χ3n) is 2.41. The Labute approximate surface area is 121 Å². The van der Waals surface area contributed by atoms with Crippen molar-refractivity contribution in [1.29, 1.82) is 0 Å². The Hall–Kier alpha value is -1.84. The van der Waals surface area contributed by atoms with Crippen LogP contribution >= 0.6 is 0 Å². The zero-order valence-electron chi connectivity index (χ0n) is 13.3. The first kappa shape index (κ1) is 18.2. The highest BCUT2D eigenvalue weighted by Gasteiger charge is 2.20. The lowest BCUT2D eigenvalue weighted by Gasteiger charge is -2.22. The molecule has 0 atom stereocenters. The van der Waals surface area contributed by atoms with Crippen LogP contribution in [-0.2, 0) is 14.3 Å². The van der Waals surface area contributed by atoms with Crippen LogP contribution in [0.3, 0.4) is 0 Å². The highest BCUT2D eigenvalue weighted by Crippen LogP contribution is 2.08. The average molecular weight is 279 g/mol. The summed E-state index contributed by atoms with van der Waals surface area (Å²) >= 11 is 0. The van der Waals surface area contributed by atoms with Crippen LogP contribution in [-0.4, -0.2) is 36.0 Å². The number of amides is 1. The number of ether oxygens (including phenoxy) is 1. The van der Waals surface area contributed by atoms with E-state index in [1.54, 1.807) is 33.9 Å². The van der Waals surface area contributed by atoms with Gasteiger partial charge in [0.1, 0.15) is 12.1 Å². The van der Waals surface area contributed by atoms with Crippen molar-refractivity contribution in [3.05, 3.63) is 36.0 Å². The van der Waals surface area contributed by atoms with Gasteiger partial charge in [-0.1, -0.05) is 24.3 Å². The molecule has 0 spiro atoms. The number of nitrogens with zero attached hydrogens (tertiary/aromatic N) is 1. The van der Waals surface area contributed by atoms with E-state index in [1.165, 1.54) is 4.90 Å². The van der Waals surface area contributed by atoms with Crippen molar-refractivity contribution in [2.75, 3.05) is 13.6 Å². The van der Waals surface area contributed by atoms with Crippen molar-refractivity contribution in [2.45, 2.75) is 40.2 Å². The molecule has 0 aliphatic rings. The van der Waals surface area contributed by atoms with Crippen LogP contribution in [0, 0.1) is 0 Å². The second kappa shape index (κ2) is 7.68. The molecule has 0 aliphatic carbocycles. The molecule has 0 rings (SSSR count). The maximum Gasteiger partial charge on any atom is 0.326 e. The third-order valence-corrected chi connectivity index (χ3v) is 2.41. The fraction of sp³-hybridized carbons (Fsp3) is 0.500. The molecular formula is C16H25NO3. The number of rotatable bonds is 5. The van der Waals surface area contributed by atoms with Crippen LogP contribution in [0.4, 0.5) is 0 Å². The van der Waals surface area contributed by atoms with E-state index in [2.05, 4.69) is 6.58 Å². The van der Waals surface area contributed by atoms with Crippen molar-refractivity contribution in [3.8, 4) is 0 Å². The molecule has 0 saturated heterocycles. The summed E-state index contributed by atoms with van der Waals surface area (Å²) in [5.74, 6) is -0.731. The molecule has 20 heavy (non-hydrogen) atoms. The fourth-order valence-corrected chi connectivity index (χ4v) is 1.28. The van der Waals surface area contributed by atoms with Gasteiger partial charge in [0.05, 0.1) is 0 Å². The Kier molecular flexibility index (Phi) is 6.97. The van der Waals surface area contributed by atoms with E-state index in [1.807, 2.05) is 26.0 Å². The van der Waals surface area contributed by atoms with Gasteiger partial charge < -0.3 is 9.64 Å². The molecule has 0 radical (unpaired) electrons. The lowest BCUT2D eigenvalue weighted by atomic mass is 10.2. The van der Waals surface area contributed by atoms with Gasteiger partial charge in [0.15, 0.2) is 0 Å². The topological polar surface area (TPSA) is 46.6 Å². The Morgan fingerprint density at radius 2 is 1.80 bits per heavy atom. The molecule has 0 saturated carbocycles. The molecule has 1 amide bonds. The lowest BCUT2D eigenvalue weighted by Crippen LogP contribution is -2.36. The van der Waals surface area contributed by atoms with Gasteiger partial charge >= 0.3 is 5.97 Å². The number of esters is 1. The molecule has 4 nitrogen and oxygen atoms in total. The smallest absolute Gasteiger partial charge is 0.326 e. The first-order valence-electron chi connectivity index (χ1n) is 6.54. The minimum atomic E-state index is -0.555. The SMILES string of the molecule is C=C(/C=C\C(C)=C/C)C(=O)N(C)CC(=O)OC(C)(C)C. The molecular weight excluding hydrogens is 254 g/mol. The molecule has 112 valence electrons. The second-order valence-electron chi connectivity index (χ2n) is 5.64. The first-order chi connectivity index (χ1) is 9.06. The van der Waals surface area contributed by atoms with Crippen LogP contribution in [0.1, 0.15) is 34.6 Å². The second-order valence-corrected chi connectivity index (χ2v) is 5.64. The molecule has 0 fully saturated rings. The zero-order chi connectivity index (χ0) is 15.9. The van der Waals surface area contributed by atoms with Crippen LogP contribution < -0.4 is 0 Å². The van der Waals surface area contributed by atoms with Crippen molar-refractivity contribution >= 4 is 11.9 Å². The summed E-state index contributed by atoms with van der Waals surface area (Å²) in [5, 5.41) is 0. The summed E-state index contributed by atoms with van der Waals surface area (Å²) in [6.07, 6.45) is 5.38. The van der Waals surface area contributed by atoms with Crippen LogP contribution in [0.25, 0.3) is 0 Å². The van der Waals surface area contributed by atoms with E-state index in [0.717, 1.165) is 5.57 Å². The van der Waals surface area contributed by atoms with Crippen molar-refractivity contribution in [3.63, 3.8) is 0 Å². The number of likely N-dealkylation sites (N-methyl/N-ethyl adjacent to an activating group) is 1. The van der Waals surface area contributed by atoms with Gasteiger partial charge in [-0.05, 0) is 40.7 Å². The summed E-state index contributed by atoms with van der Waals surface area (Å²) in [6, 6.07) is 0. The molecule has 0 bridgehead atoms. The minimum absolute atomic E-state index is 0.0917. The number of hydrogen-bond donors (Lipinski definition) is 0. The van der Waals surface area contributed by atoms with Crippen LogP contribution in [0.15, 0.2) is 36.0 Å². The van der Waals surface area contributed by atoms with Gasteiger partial charge in [0.25, 0.3) is 5.91 Å². The van der Waals surface area contributed by atoms with Crippen LogP contribution in [0.2, 0.25) is 0 Å². The highest BCUT2D eigenvalue weighted by atomic mass is 16.6. The average Bonchev–Trinajstić information content (AvgIpc) is 2.31. The quantitative estimate of drug-likeness (QED) is 0.441. The number of hydrogen-bond acceptors (Lipinski definition) is 3. The number of allylic oxidation sites excluding steroid dienone is 3. The first-order valence-corrected chi connectivity index (χ1v) is 6.54. The van der Waals surface area contributed by atoms with Crippen molar-refractivity contribution in [2.24, 2.45) is 0 Å². The van der Waals surface area contributed by atoms with Gasteiger partial charge in [-0.2, -0.15) is 0 Å². The predicted octanol–water partition coefficient (Wildman–Crippen LogP) is 2.87. The maximum atomic E-state index is 12.0. The summed E-state index contributed by atoms with van der Waals surface area (Å²) in [4.78, 5) is 24.9. The monoisotopic (exact) mass is 279 g/mol. The van der Waals surface area contributed by atoms with Gasteiger partial charge in [0, 0.05) is 12.6 Å². The van der Waals surface area contributed by atoms with E-state index < -0.39 is 11.6 Å². The maximum absolute atomic E-state index is 12.0. The Bertz CT molecular complexity index is 439. The predicted molar refractivity (Wildman–Crippen MR) is 81.2 cm³/mol. The summed E-state index contributed by atoms with van der Waals surface area (Å²) in [6.45, 7) is 12.8. The standard InChI is InChI=1S/C16H25NO3/c1-8-12(2)9-10-13(3)15(19)17(7)11-14(18)20-16(4,5)6/h8-10H,3,11H2,1-2,4-7H3/b10-9-,12-8-. The van der Waals surface area contributed by atoms with E-state index >= 15 is 0 Å². The normalized spacial score (nSPS) is 12.4. The van der Waals surface area contributed by atoms with Gasteiger partial charge in [-0.15, -0.1) is 0 Å². The molecule has 0 aromatic rings. The van der Waals surface area contributed by atoms with E-state index in [0.29, 0.717) is 5.57 Å². The summed E-state index contributed by atoms with van der Waals surface area (Å²) in [7, 11) is 1.55. The number of carbonyl (C=O) groups is 2. The number of carbonyl (C=O) groups excluding carboxylic acids is 2. The Morgan fingerprint density at radius 3 is 2.25 bits per heavy atom. The molecule has 0 N–H and O–H groups in total. The van der Waals surface area contributed by atoms with E-state index in [4.69, 9.17) is 4.74 Å². The largest absolute Gasteiger partial charge is 0.459 e.